The smallest absolute Gasteiger partial charge is 0.420 e. The summed E-state index contributed by atoms with van der Waals surface area (Å²) in [6.07, 6.45) is -9.30. The van der Waals surface area contributed by atoms with E-state index in [2.05, 4.69) is 41.5 Å². The molecular weight excluding hydrogens is 698 g/mol. The molecule has 0 fully saturated rings. The molecule has 6 aromatic carbocycles. The molecule has 0 saturated heterocycles. The van der Waals surface area contributed by atoms with Crippen molar-refractivity contribution in [2.45, 2.75) is 64.7 Å². The van der Waals surface area contributed by atoms with Gasteiger partial charge in [-0.2, -0.15) is 26.3 Å². The van der Waals surface area contributed by atoms with Gasteiger partial charge in [0.2, 0.25) is 0 Å². The number of benzene rings is 6. The molecule has 6 rings (SSSR count). The quantitative estimate of drug-likeness (QED) is 0.152. The Labute approximate surface area is 312 Å². The molecule has 6 aromatic rings. The molecule has 0 spiro atoms. The van der Waals surface area contributed by atoms with Crippen LogP contribution in [0.4, 0.5) is 26.3 Å². The molecule has 0 atom stereocenters. The van der Waals surface area contributed by atoms with Gasteiger partial charge in [0.05, 0.1) is 11.1 Å². The maximum atomic E-state index is 14.2. The molecule has 54 heavy (non-hydrogen) atoms. The van der Waals surface area contributed by atoms with Crippen LogP contribution in [0.3, 0.4) is 0 Å². The Morgan fingerprint density at radius 1 is 0.333 bits per heavy atom. The number of hydrogen-bond donors (Lipinski definition) is 0. The lowest BCUT2D eigenvalue weighted by atomic mass is 9.87. The summed E-state index contributed by atoms with van der Waals surface area (Å²) in [4.78, 5) is 0. The molecule has 278 valence electrons. The van der Waals surface area contributed by atoms with E-state index in [1.165, 1.54) is 12.1 Å². The van der Waals surface area contributed by atoms with Crippen molar-refractivity contribution in [1.29, 1.82) is 0 Å². The van der Waals surface area contributed by atoms with Gasteiger partial charge >= 0.3 is 12.4 Å². The van der Waals surface area contributed by atoms with Gasteiger partial charge < -0.3 is 9.47 Å². The van der Waals surface area contributed by atoms with E-state index < -0.39 is 23.5 Å². The van der Waals surface area contributed by atoms with E-state index in [1.807, 2.05) is 24.3 Å². The first-order valence-electron chi connectivity index (χ1n) is 17.5. The van der Waals surface area contributed by atoms with Crippen LogP contribution in [-0.2, 0) is 23.2 Å². The SMILES string of the molecule is CC(C)(C)c1ccc(Oc2ccc(-c3ccc(-c4ccc(-c5ccc(Oc6ccc(C(C)(C)C)cc6)c(C(F)(F)F)c5)cc4)cc3)cc2C(F)(F)F)cc1. The second-order valence-corrected chi connectivity index (χ2v) is 15.3. The van der Waals surface area contributed by atoms with Crippen molar-refractivity contribution in [2.24, 2.45) is 0 Å². The lowest BCUT2D eigenvalue weighted by Crippen LogP contribution is -2.10. The Morgan fingerprint density at radius 2 is 0.593 bits per heavy atom. The third-order valence-corrected chi connectivity index (χ3v) is 9.24. The van der Waals surface area contributed by atoms with Crippen molar-refractivity contribution in [3.8, 4) is 56.4 Å². The summed E-state index contributed by atoms with van der Waals surface area (Å²) in [5.41, 5.74) is 3.56. The third kappa shape index (κ3) is 8.82. The van der Waals surface area contributed by atoms with Gasteiger partial charge in [-0.05, 0) is 104 Å². The summed E-state index contributed by atoms with van der Waals surface area (Å²) < 4.78 is 96.6. The van der Waals surface area contributed by atoms with Gasteiger partial charge in [0.1, 0.15) is 23.0 Å². The fourth-order valence-electron chi connectivity index (χ4n) is 6.05. The highest BCUT2D eigenvalue weighted by Crippen LogP contribution is 2.43. The van der Waals surface area contributed by atoms with Crippen molar-refractivity contribution >= 4 is 0 Å². The van der Waals surface area contributed by atoms with Crippen molar-refractivity contribution in [3.05, 3.63) is 156 Å². The summed E-state index contributed by atoms with van der Waals surface area (Å²) in [6, 6.07) is 36.1. The molecule has 2 nitrogen and oxygen atoms in total. The van der Waals surface area contributed by atoms with Gasteiger partial charge in [0.25, 0.3) is 0 Å². The molecule has 0 N–H and O–H groups in total. The number of hydrogen-bond acceptors (Lipinski definition) is 2. The van der Waals surface area contributed by atoms with E-state index in [0.29, 0.717) is 33.8 Å². The van der Waals surface area contributed by atoms with Gasteiger partial charge in [-0.3, -0.25) is 0 Å². The average molecular weight is 739 g/mol. The fraction of sp³-hybridized carbons (Fsp3) is 0.217. The van der Waals surface area contributed by atoms with Crippen molar-refractivity contribution < 1.29 is 35.8 Å². The molecule has 0 aromatic heterocycles. The van der Waals surface area contributed by atoms with E-state index in [1.54, 1.807) is 84.9 Å². The molecule has 0 unspecified atom stereocenters. The second-order valence-electron chi connectivity index (χ2n) is 15.3. The van der Waals surface area contributed by atoms with Crippen LogP contribution >= 0.6 is 0 Å². The Hall–Kier alpha value is -5.50. The predicted octanol–water partition coefficient (Wildman–Crippen LogP) is 14.9. The minimum absolute atomic E-state index is 0.107. The minimum atomic E-state index is -4.65. The highest BCUT2D eigenvalue weighted by atomic mass is 19.4. The minimum Gasteiger partial charge on any atom is -0.457 e. The van der Waals surface area contributed by atoms with Crippen LogP contribution in [0.2, 0.25) is 0 Å². The number of halogens is 6. The molecule has 0 amide bonds. The van der Waals surface area contributed by atoms with E-state index in [0.717, 1.165) is 34.4 Å². The molecule has 0 bridgehead atoms. The van der Waals surface area contributed by atoms with Gasteiger partial charge in [-0.25, -0.2) is 0 Å². The predicted molar refractivity (Wildman–Crippen MR) is 203 cm³/mol. The van der Waals surface area contributed by atoms with E-state index in [-0.39, 0.29) is 22.3 Å². The molecule has 0 radical (unpaired) electrons. The normalized spacial score (nSPS) is 12.4. The monoisotopic (exact) mass is 738 g/mol. The first kappa shape index (κ1) is 38.2. The number of ether oxygens (including phenoxy) is 2. The zero-order valence-corrected chi connectivity index (χ0v) is 30.8. The van der Waals surface area contributed by atoms with E-state index >= 15 is 0 Å². The molecule has 0 saturated carbocycles. The largest absolute Gasteiger partial charge is 0.457 e. The van der Waals surface area contributed by atoms with Crippen LogP contribution < -0.4 is 9.47 Å². The van der Waals surface area contributed by atoms with Crippen molar-refractivity contribution in [3.63, 3.8) is 0 Å². The Morgan fingerprint density at radius 3 is 0.852 bits per heavy atom. The maximum Gasteiger partial charge on any atom is 0.420 e. The summed E-state index contributed by atoms with van der Waals surface area (Å²) in [5, 5.41) is 0. The summed E-state index contributed by atoms with van der Waals surface area (Å²) >= 11 is 0. The van der Waals surface area contributed by atoms with Gasteiger partial charge in [0.15, 0.2) is 0 Å². The Bertz CT molecular complexity index is 2060. The lowest BCUT2D eigenvalue weighted by Gasteiger charge is -2.20. The standard InChI is InChI=1S/C46H40F6O2/c1-43(2,3)35-17-21-37(22-18-35)53-41-25-15-33(27-39(41)45(47,48)49)31-11-7-29(8-12-31)30-9-13-32(14-10-30)34-16-26-42(40(28-34)46(50,51)52)54-38-23-19-36(20-24-38)44(4,5)6/h7-28H,1-6H3. The average Bonchev–Trinajstić information content (AvgIpc) is 3.11. The van der Waals surface area contributed by atoms with Crippen LogP contribution in [0.15, 0.2) is 133 Å². The summed E-state index contributed by atoms with van der Waals surface area (Å²) in [7, 11) is 0. The molecule has 0 aliphatic rings. The van der Waals surface area contributed by atoms with Crippen LogP contribution in [0, 0.1) is 0 Å². The zero-order chi connectivity index (χ0) is 39.1. The molecule has 0 aliphatic carbocycles. The van der Waals surface area contributed by atoms with Gasteiger partial charge in [0, 0.05) is 0 Å². The van der Waals surface area contributed by atoms with Gasteiger partial charge in [-0.15, -0.1) is 0 Å². The Balaban J connectivity index is 1.19. The topological polar surface area (TPSA) is 18.5 Å². The van der Waals surface area contributed by atoms with E-state index in [9.17, 15) is 26.3 Å². The third-order valence-electron chi connectivity index (χ3n) is 9.24. The van der Waals surface area contributed by atoms with E-state index in [4.69, 9.17) is 9.47 Å². The number of alkyl halides is 6. The van der Waals surface area contributed by atoms with Crippen molar-refractivity contribution in [2.75, 3.05) is 0 Å². The molecule has 0 aliphatic heterocycles. The van der Waals surface area contributed by atoms with Crippen LogP contribution in [0.5, 0.6) is 23.0 Å². The van der Waals surface area contributed by atoms with Crippen LogP contribution in [0.1, 0.15) is 63.8 Å². The zero-order valence-electron chi connectivity index (χ0n) is 30.8. The van der Waals surface area contributed by atoms with Crippen molar-refractivity contribution in [1.82, 2.24) is 0 Å². The number of rotatable bonds is 7. The van der Waals surface area contributed by atoms with Gasteiger partial charge in [-0.1, -0.05) is 126 Å². The maximum absolute atomic E-state index is 14.2. The fourth-order valence-corrected chi connectivity index (χ4v) is 6.05. The van der Waals surface area contributed by atoms with Crippen LogP contribution in [0.25, 0.3) is 33.4 Å². The first-order chi connectivity index (χ1) is 25.3. The first-order valence-corrected chi connectivity index (χ1v) is 17.5. The highest BCUT2D eigenvalue weighted by molar-refractivity contribution is 5.74. The molecule has 0 heterocycles. The summed E-state index contributed by atoms with van der Waals surface area (Å²) in [6.45, 7) is 12.3. The van der Waals surface area contributed by atoms with Crippen LogP contribution in [-0.4, -0.2) is 0 Å². The second kappa shape index (κ2) is 14.4. The lowest BCUT2D eigenvalue weighted by molar-refractivity contribution is -0.139. The molecule has 8 heteroatoms. The Kier molecular flexibility index (Phi) is 10.2. The summed E-state index contributed by atoms with van der Waals surface area (Å²) in [5.74, 6) is 0.0336. The highest BCUT2D eigenvalue weighted by Gasteiger charge is 2.36. The molecular formula is C46H40F6O2.